The highest BCUT2D eigenvalue weighted by atomic mass is 16.7. The molecule has 0 bridgehead atoms. The fourth-order valence-corrected chi connectivity index (χ4v) is 0.924. The van der Waals surface area contributed by atoms with Crippen molar-refractivity contribution in [2.75, 3.05) is 13.6 Å². The minimum Gasteiger partial charge on any atom is -0.357 e. The lowest BCUT2D eigenvalue weighted by Crippen LogP contribution is -2.41. The van der Waals surface area contributed by atoms with Crippen LogP contribution in [0.15, 0.2) is 0 Å². The van der Waals surface area contributed by atoms with E-state index in [9.17, 15) is 4.79 Å². The Hall–Kier alpha value is -0.610. The summed E-state index contributed by atoms with van der Waals surface area (Å²) in [6, 6.07) is 0. The number of carbonyl (C=O) groups is 1. The molecule has 1 amide bonds. The van der Waals surface area contributed by atoms with Gasteiger partial charge in [-0.1, -0.05) is 0 Å². The van der Waals surface area contributed by atoms with Crippen molar-refractivity contribution in [3.8, 4) is 0 Å². The van der Waals surface area contributed by atoms with E-state index >= 15 is 0 Å². The van der Waals surface area contributed by atoms with Gasteiger partial charge in [0, 0.05) is 13.6 Å². The van der Waals surface area contributed by atoms with Crippen molar-refractivity contribution >= 4 is 5.91 Å². The Morgan fingerprint density at radius 1 is 1.80 bits per heavy atom. The maximum absolute atomic E-state index is 10.9. The molecule has 0 spiro atoms. The molecule has 0 aromatic heterocycles. The molecule has 0 aliphatic carbocycles. The minimum atomic E-state index is -0.293. The topological polar surface area (TPSA) is 50.4 Å². The van der Waals surface area contributed by atoms with Gasteiger partial charge < -0.3 is 5.32 Å². The van der Waals surface area contributed by atoms with Gasteiger partial charge >= 0.3 is 0 Å². The second-order valence-corrected chi connectivity index (χ2v) is 2.26. The number of hydroxylamine groups is 1. The first-order valence-corrected chi connectivity index (χ1v) is 3.44. The van der Waals surface area contributed by atoms with Crippen LogP contribution in [0.2, 0.25) is 0 Å². The first-order chi connectivity index (χ1) is 4.84. The predicted octanol–water partition coefficient (Wildman–Crippen LogP) is -0.584. The second kappa shape index (κ2) is 3.53. The molecule has 4 nitrogen and oxygen atoms in total. The summed E-state index contributed by atoms with van der Waals surface area (Å²) in [7, 11) is 1.61. The molecule has 0 radical (unpaired) electrons. The van der Waals surface area contributed by atoms with E-state index in [-0.39, 0.29) is 12.0 Å². The van der Waals surface area contributed by atoms with Gasteiger partial charge in [0.25, 0.3) is 5.91 Å². The quantitative estimate of drug-likeness (QED) is 0.517. The monoisotopic (exact) mass is 144 g/mol. The second-order valence-electron chi connectivity index (χ2n) is 2.26. The van der Waals surface area contributed by atoms with Gasteiger partial charge in [0.2, 0.25) is 0 Å². The third-order valence-corrected chi connectivity index (χ3v) is 1.51. The van der Waals surface area contributed by atoms with Gasteiger partial charge in [-0.25, -0.2) is 5.48 Å². The number of nitrogens with one attached hydrogen (secondary N) is 2. The fraction of sp³-hybridized carbons (Fsp3) is 0.833. The smallest absolute Gasteiger partial charge is 0.251 e. The lowest BCUT2D eigenvalue weighted by Gasteiger charge is -2.20. The summed E-state index contributed by atoms with van der Waals surface area (Å²) >= 11 is 0. The van der Waals surface area contributed by atoms with Crippen LogP contribution < -0.4 is 10.8 Å². The zero-order valence-corrected chi connectivity index (χ0v) is 6.02. The molecule has 58 valence electrons. The van der Waals surface area contributed by atoms with Crippen LogP contribution in [0.3, 0.4) is 0 Å². The van der Waals surface area contributed by atoms with Crippen LogP contribution in [0.25, 0.3) is 0 Å². The van der Waals surface area contributed by atoms with Crippen LogP contribution in [-0.2, 0) is 9.63 Å². The summed E-state index contributed by atoms with van der Waals surface area (Å²) in [6.45, 7) is 0.841. The largest absolute Gasteiger partial charge is 0.357 e. The molecule has 1 aliphatic rings. The number of hydrogen-bond acceptors (Lipinski definition) is 3. The Morgan fingerprint density at radius 2 is 2.60 bits per heavy atom. The van der Waals surface area contributed by atoms with Crippen molar-refractivity contribution in [1.82, 2.24) is 10.8 Å². The molecule has 10 heavy (non-hydrogen) atoms. The van der Waals surface area contributed by atoms with E-state index in [1.54, 1.807) is 7.05 Å². The molecule has 0 aromatic carbocycles. The highest BCUT2D eigenvalue weighted by molar-refractivity contribution is 5.80. The summed E-state index contributed by atoms with van der Waals surface area (Å²) in [6.07, 6.45) is 1.52. The normalized spacial score (nSPS) is 25.9. The Balaban J connectivity index is 2.31. The van der Waals surface area contributed by atoms with E-state index in [1.165, 1.54) is 0 Å². The number of hydrogen-bond donors (Lipinski definition) is 2. The van der Waals surface area contributed by atoms with E-state index in [1.807, 2.05) is 0 Å². The molecule has 2 N–H and O–H groups in total. The van der Waals surface area contributed by atoms with E-state index < -0.39 is 0 Å². The highest BCUT2D eigenvalue weighted by Crippen LogP contribution is 2.04. The number of rotatable bonds is 1. The van der Waals surface area contributed by atoms with E-state index in [0.717, 1.165) is 19.4 Å². The van der Waals surface area contributed by atoms with Crippen molar-refractivity contribution in [2.45, 2.75) is 18.9 Å². The van der Waals surface area contributed by atoms with E-state index in [2.05, 4.69) is 10.8 Å². The van der Waals surface area contributed by atoms with Crippen LogP contribution in [-0.4, -0.2) is 25.6 Å². The summed E-state index contributed by atoms with van der Waals surface area (Å²) in [5.74, 6) is -0.0489. The Labute approximate surface area is 59.9 Å². The van der Waals surface area contributed by atoms with E-state index in [4.69, 9.17) is 4.84 Å². The lowest BCUT2D eigenvalue weighted by atomic mass is 10.2. The van der Waals surface area contributed by atoms with Crippen molar-refractivity contribution in [2.24, 2.45) is 0 Å². The fourth-order valence-electron chi connectivity index (χ4n) is 0.924. The highest BCUT2D eigenvalue weighted by Gasteiger charge is 2.20. The Kier molecular flexibility index (Phi) is 2.65. The zero-order valence-electron chi connectivity index (χ0n) is 6.02. The summed E-state index contributed by atoms with van der Waals surface area (Å²) in [5.41, 5.74) is 2.69. The van der Waals surface area contributed by atoms with Crippen LogP contribution in [0, 0.1) is 0 Å². The molecular formula is C6H12N2O2. The van der Waals surface area contributed by atoms with Gasteiger partial charge in [-0.15, -0.1) is 0 Å². The Bertz CT molecular complexity index is 121. The summed E-state index contributed by atoms with van der Waals surface area (Å²) in [5, 5.41) is 2.53. The Morgan fingerprint density at radius 3 is 3.10 bits per heavy atom. The maximum atomic E-state index is 10.9. The summed E-state index contributed by atoms with van der Waals surface area (Å²) < 4.78 is 0. The number of carbonyl (C=O) groups excluding carboxylic acids is 1. The minimum absolute atomic E-state index is 0.0489. The molecule has 1 atom stereocenters. The van der Waals surface area contributed by atoms with Crippen molar-refractivity contribution in [3.05, 3.63) is 0 Å². The van der Waals surface area contributed by atoms with Crippen LogP contribution in [0.4, 0.5) is 0 Å². The third-order valence-electron chi connectivity index (χ3n) is 1.51. The molecule has 1 unspecified atom stereocenters. The first-order valence-electron chi connectivity index (χ1n) is 3.44. The molecule has 0 aromatic rings. The zero-order chi connectivity index (χ0) is 7.40. The van der Waals surface area contributed by atoms with Gasteiger partial charge in [-0.2, -0.15) is 0 Å². The first kappa shape index (κ1) is 7.50. The molecule has 1 fully saturated rings. The molecule has 0 saturated carbocycles. The lowest BCUT2D eigenvalue weighted by molar-refractivity contribution is -0.142. The molecule has 1 saturated heterocycles. The van der Waals surface area contributed by atoms with Crippen molar-refractivity contribution in [1.29, 1.82) is 0 Å². The van der Waals surface area contributed by atoms with Gasteiger partial charge in [0.1, 0.15) is 0 Å². The van der Waals surface area contributed by atoms with Crippen molar-refractivity contribution < 1.29 is 9.63 Å². The molecular weight excluding hydrogens is 132 g/mol. The van der Waals surface area contributed by atoms with Gasteiger partial charge in [0.15, 0.2) is 6.10 Å². The number of likely N-dealkylation sites (N-methyl/N-ethyl adjacent to an activating group) is 1. The van der Waals surface area contributed by atoms with E-state index in [0.29, 0.717) is 0 Å². The van der Waals surface area contributed by atoms with Gasteiger partial charge in [0.05, 0.1) is 0 Å². The van der Waals surface area contributed by atoms with Gasteiger partial charge in [-0.05, 0) is 12.8 Å². The summed E-state index contributed by atoms with van der Waals surface area (Å²) in [4.78, 5) is 15.9. The maximum Gasteiger partial charge on any atom is 0.251 e. The average molecular weight is 144 g/mol. The molecule has 1 aliphatic heterocycles. The molecule has 1 heterocycles. The molecule has 4 heteroatoms. The predicted molar refractivity (Wildman–Crippen MR) is 36.2 cm³/mol. The van der Waals surface area contributed by atoms with Crippen LogP contribution in [0.1, 0.15) is 12.8 Å². The molecule has 1 rings (SSSR count). The van der Waals surface area contributed by atoms with Crippen LogP contribution >= 0.6 is 0 Å². The van der Waals surface area contributed by atoms with Crippen LogP contribution in [0.5, 0.6) is 0 Å². The SMILES string of the molecule is CNC(=O)C1CCCNO1. The third kappa shape index (κ3) is 1.68. The van der Waals surface area contributed by atoms with Crippen molar-refractivity contribution in [3.63, 3.8) is 0 Å². The average Bonchev–Trinajstić information content (AvgIpc) is 2.05. The van der Waals surface area contributed by atoms with Gasteiger partial charge in [-0.3, -0.25) is 9.63 Å². The number of amides is 1. The standard InChI is InChI=1S/C6H12N2O2/c1-7-6(9)5-3-2-4-8-10-5/h5,8H,2-4H2,1H3,(H,7,9).